The molecule has 0 aliphatic heterocycles. The van der Waals surface area contributed by atoms with Gasteiger partial charge >= 0.3 is 18.9 Å². The minimum atomic E-state index is 0. The molecule has 20 valence electrons. The Morgan fingerprint density at radius 2 is 1.25 bits per heavy atom. The zero-order valence-electron chi connectivity index (χ0n) is 2.20. The van der Waals surface area contributed by atoms with Crippen LogP contribution in [-0.2, 0) is 0 Å². The van der Waals surface area contributed by atoms with E-state index in [1.54, 1.807) is 0 Å². The third-order valence-electron chi connectivity index (χ3n) is 0. The Morgan fingerprint density at radius 1 is 1.25 bits per heavy atom. The molecule has 0 aromatic rings. The number of hydrogen-bond donors (Lipinski definition) is 0. The molecule has 0 aliphatic rings. The average Bonchev–Trinajstić information content (AvgIpc) is 0.918. The van der Waals surface area contributed by atoms with Crippen molar-refractivity contribution in [2.24, 2.45) is 0 Å². The van der Waals surface area contributed by atoms with Crippen LogP contribution >= 0.6 is 45.7 Å². The summed E-state index contributed by atoms with van der Waals surface area (Å²) in [6.45, 7) is 0. The van der Waals surface area contributed by atoms with Crippen LogP contribution in [0.3, 0.4) is 0 Å². The predicted molar refractivity (Wildman–Crippen MR) is 31.4 cm³/mol. The fourth-order valence-corrected chi connectivity index (χ4v) is 0. The van der Waals surface area contributed by atoms with Gasteiger partial charge in [-0.2, -0.15) is 0 Å². The first-order chi connectivity index (χ1) is 1.41. The summed E-state index contributed by atoms with van der Waals surface area (Å²) < 4.78 is 3.44. The first kappa shape index (κ1) is 9.39. The summed E-state index contributed by atoms with van der Waals surface area (Å²) in [5.74, 6) is 0. The molecule has 0 bridgehead atoms. The molecule has 4 heavy (non-hydrogen) atoms. The van der Waals surface area contributed by atoms with E-state index in [0.717, 1.165) is 0 Å². The van der Waals surface area contributed by atoms with Crippen LogP contribution in [0, 0.1) is 0 Å². The van der Waals surface area contributed by atoms with Gasteiger partial charge in [0.2, 0.25) is 0 Å². The number of nitrogens with zero attached hydrogens (tertiary/aromatic N) is 1. The molecule has 0 amide bonds. The van der Waals surface area contributed by atoms with Gasteiger partial charge in [-0.25, -0.2) is 45.7 Å². The van der Waals surface area contributed by atoms with Crippen LogP contribution in [0.25, 0.3) is 1.74 Å². The third kappa shape index (κ3) is 8.99. The van der Waals surface area contributed by atoms with Gasteiger partial charge in [-0.05, 0) is 0 Å². The maximum atomic E-state index is 3.44. The standard InChI is InChI=1S/I2N.Li/c1-3-2;/q-1;+1. The van der Waals surface area contributed by atoms with Crippen LogP contribution in [0.2, 0.25) is 0 Å². The van der Waals surface area contributed by atoms with E-state index in [2.05, 4.69) is 1.74 Å². The Hall–Kier alpha value is 2.02. The maximum absolute atomic E-state index is 3.44. The topological polar surface area (TPSA) is 14.1 Å². The largest absolute Gasteiger partial charge is 1.00 e. The molecule has 0 heterocycles. The van der Waals surface area contributed by atoms with Crippen LogP contribution in [0.1, 0.15) is 0 Å². The molecule has 0 N–H and O–H groups in total. The monoisotopic (exact) mass is 275 g/mol. The molecule has 0 saturated carbocycles. The van der Waals surface area contributed by atoms with Crippen LogP contribution in [-0.4, -0.2) is 0 Å². The number of halogens is 2. The van der Waals surface area contributed by atoms with Crippen molar-refractivity contribution in [2.45, 2.75) is 0 Å². The molecule has 0 aromatic heterocycles. The van der Waals surface area contributed by atoms with Gasteiger partial charge in [0.25, 0.3) is 0 Å². The second kappa shape index (κ2) is 8.89. The van der Waals surface area contributed by atoms with Gasteiger partial charge in [-0.3, -0.25) is 0 Å². The molecule has 0 spiro atoms. The fourth-order valence-electron chi connectivity index (χ4n) is 0. The van der Waals surface area contributed by atoms with Crippen LogP contribution < -0.4 is 18.9 Å². The van der Waals surface area contributed by atoms with Gasteiger partial charge in [-0.1, -0.05) is 0 Å². The van der Waals surface area contributed by atoms with Crippen molar-refractivity contribution in [2.75, 3.05) is 0 Å². The third-order valence-corrected chi connectivity index (χ3v) is 0. The summed E-state index contributed by atoms with van der Waals surface area (Å²) in [4.78, 5) is 0. The Bertz CT molecular complexity index is 6.00. The smallest absolute Gasteiger partial charge is 0.540 e. The summed E-state index contributed by atoms with van der Waals surface area (Å²) >= 11 is 3.80. The number of rotatable bonds is 0. The van der Waals surface area contributed by atoms with Crippen molar-refractivity contribution in [1.29, 1.82) is 0 Å². The Morgan fingerprint density at radius 3 is 1.25 bits per heavy atom. The SMILES string of the molecule is I[N-]I.[Li+]. The Labute approximate surface area is 65.5 Å². The van der Waals surface area contributed by atoms with E-state index in [4.69, 9.17) is 0 Å². The van der Waals surface area contributed by atoms with Gasteiger partial charge in [-0.15, -0.1) is 0 Å². The van der Waals surface area contributed by atoms with Crippen molar-refractivity contribution in [3.8, 4) is 0 Å². The van der Waals surface area contributed by atoms with Crippen LogP contribution in [0.5, 0.6) is 0 Å². The van der Waals surface area contributed by atoms with Crippen molar-refractivity contribution in [3.63, 3.8) is 0 Å². The van der Waals surface area contributed by atoms with E-state index in [0.29, 0.717) is 0 Å². The van der Waals surface area contributed by atoms with Gasteiger partial charge < -0.3 is 1.74 Å². The molecule has 0 fully saturated rings. The van der Waals surface area contributed by atoms with Crippen LogP contribution in [0.4, 0.5) is 0 Å². The molecule has 0 saturated heterocycles. The molecular weight excluding hydrogens is 275 g/mol. The first-order valence-electron chi connectivity index (χ1n) is 0.338. The first-order valence-corrected chi connectivity index (χ1v) is 2.27. The summed E-state index contributed by atoms with van der Waals surface area (Å²) in [6, 6.07) is 0. The predicted octanol–water partition coefficient (Wildman–Crippen LogP) is -0.936. The second-order valence-corrected chi connectivity index (χ2v) is 2.87. The van der Waals surface area contributed by atoms with Crippen molar-refractivity contribution in [1.82, 2.24) is 0 Å². The summed E-state index contributed by atoms with van der Waals surface area (Å²) in [6.07, 6.45) is 0. The van der Waals surface area contributed by atoms with E-state index in [-0.39, 0.29) is 18.9 Å². The second-order valence-electron chi connectivity index (χ2n) is 0.0639. The van der Waals surface area contributed by atoms with E-state index in [1.807, 2.05) is 45.7 Å². The molecule has 0 atom stereocenters. The Kier molecular flexibility index (Phi) is 20.9. The molecule has 0 unspecified atom stereocenters. The summed E-state index contributed by atoms with van der Waals surface area (Å²) in [5, 5.41) is 0. The summed E-state index contributed by atoms with van der Waals surface area (Å²) in [5.41, 5.74) is 0. The van der Waals surface area contributed by atoms with Crippen molar-refractivity contribution >= 4 is 45.7 Å². The molecule has 1 nitrogen and oxygen atoms in total. The zero-order valence-corrected chi connectivity index (χ0v) is 6.52. The van der Waals surface area contributed by atoms with Gasteiger partial charge in [0, 0.05) is 0 Å². The summed E-state index contributed by atoms with van der Waals surface area (Å²) in [7, 11) is 0. The van der Waals surface area contributed by atoms with Crippen molar-refractivity contribution in [3.05, 3.63) is 1.74 Å². The van der Waals surface area contributed by atoms with Gasteiger partial charge in [0.1, 0.15) is 0 Å². The maximum Gasteiger partial charge on any atom is 1.00 e. The van der Waals surface area contributed by atoms with Crippen LogP contribution in [0.15, 0.2) is 0 Å². The van der Waals surface area contributed by atoms with E-state index in [1.165, 1.54) is 0 Å². The average molecular weight is 275 g/mol. The minimum absolute atomic E-state index is 0. The molecular formula is I2LiN. The quantitative estimate of drug-likeness (QED) is 0.400. The minimum Gasteiger partial charge on any atom is -0.540 e. The zero-order chi connectivity index (χ0) is 2.71. The van der Waals surface area contributed by atoms with Crippen molar-refractivity contribution < 1.29 is 18.9 Å². The molecule has 0 aliphatic carbocycles. The molecule has 0 radical (unpaired) electrons. The van der Waals surface area contributed by atoms with Gasteiger partial charge in [0.05, 0.1) is 0 Å². The fraction of sp³-hybridized carbons (Fsp3) is 0. The number of hydrogen-bond acceptors (Lipinski definition) is 0. The van der Waals surface area contributed by atoms with E-state index in [9.17, 15) is 0 Å². The Balaban J connectivity index is 0. The van der Waals surface area contributed by atoms with E-state index >= 15 is 0 Å². The van der Waals surface area contributed by atoms with E-state index < -0.39 is 0 Å². The normalized spacial score (nSPS) is 4.50. The van der Waals surface area contributed by atoms with Gasteiger partial charge in [0.15, 0.2) is 0 Å². The molecule has 4 heteroatoms. The molecule has 0 aromatic carbocycles. The molecule has 0 rings (SSSR count).